The third-order valence-corrected chi connectivity index (χ3v) is 4.71. The van der Waals surface area contributed by atoms with Crippen molar-refractivity contribution in [3.8, 4) is 0 Å². The summed E-state index contributed by atoms with van der Waals surface area (Å²) in [6.45, 7) is 0. The molecule has 0 aromatic carbocycles. The predicted octanol–water partition coefficient (Wildman–Crippen LogP) is 0.195. The molecule has 4 N–H and O–H groups in total. The first-order valence-corrected chi connectivity index (χ1v) is 7.30. The summed E-state index contributed by atoms with van der Waals surface area (Å²) < 4.78 is 0. The van der Waals surface area contributed by atoms with Gasteiger partial charge in [0.1, 0.15) is 17.4 Å². The maximum atomic E-state index is 12.2. The summed E-state index contributed by atoms with van der Waals surface area (Å²) in [6.07, 6.45) is 3.85. The lowest BCUT2D eigenvalue weighted by atomic mass is 9.92. The molecule has 3 rings (SSSR count). The van der Waals surface area contributed by atoms with E-state index < -0.39 is 11.6 Å². The van der Waals surface area contributed by atoms with Gasteiger partial charge < -0.3 is 16.4 Å². The van der Waals surface area contributed by atoms with Gasteiger partial charge in [-0.15, -0.1) is 11.3 Å². The molecule has 1 aromatic rings. The maximum absolute atomic E-state index is 12.2. The van der Waals surface area contributed by atoms with E-state index in [-0.39, 0.29) is 11.8 Å². The second kappa shape index (κ2) is 4.48. The number of hydrogen-bond donors (Lipinski definition) is 3. The number of nitrogens with one attached hydrogen (secondary N) is 2. The van der Waals surface area contributed by atoms with Gasteiger partial charge >= 0.3 is 0 Å². The number of anilines is 1. The minimum Gasteiger partial charge on any atom is -0.383 e. The highest BCUT2D eigenvalue weighted by Gasteiger charge is 2.47. The van der Waals surface area contributed by atoms with Gasteiger partial charge in [-0.3, -0.25) is 9.59 Å². The molecule has 7 heteroatoms. The Morgan fingerprint density at radius 3 is 2.79 bits per heavy atom. The van der Waals surface area contributed by atoms with Gasteiger partial charge in [0.2, 0.25) is 11.8 Å². The first-order valence-electron chi connectivity index (χ1n) is 6.42. The van der Waals surface area contributed by atoms with E-state index in [1.165, 1.54) is 11.3 Å². The van der Waals surface area contributed by atoms with Crippen LogP contribution in [0.25, 0.3) is 0 Å². The van der Waals surface area contributed by atoms with Crippen molar-refractivity contribution in [2.45, 2.75) is 43.7 Å². The minimum absolute atomic E-state index is 0.0564. The first-order chi connectivity index (χ1) is 9.09. The number of piperazine rings is 1. The number of nitrogen functional groups attached to an aromatic ring is 1. The van der Waals surface area contributed by atoms with E-state index in [1.807, 2.05) is 0 Å². The van der Waals surface area contributed by atoms with E-state index in [2.05, 4.69) is 15.6 Å². The number of nitrogens with two attached hydrogens (primary N) is 1. The normalized spacial score (nSPS) is 25.4. The monoisotopic (exact) mass is 280 g/mol. The molecular formula is C12H16N4O2S. The topological polar surface area (TPSA) is 97.1 Å². The van der Waals surface area contributed by atoms with E-state index in [0.717, 1.165) is 30.7 Å². The highest BCUT2D eigenvalue weighted by Crippen LogP contribution is 2.32. The zero-order valence-corrected chi connectivity index (χ0v) is 11.3. The molecule has 6 nitrogen and oxygen atoms in total. The van der Waals surface area contributed by atoms with Crippen molar-refractivity contribution in [2.75, 3.05) is 5.73 Å². The van der Waals surface area contributed by atoms with Gasteiger partial charge in [-0.1, -0.05) is 12.8 Å². The number of hydrogen-bond acceptors (Lipinski definition) is 5. The van der Waals surface area contributed by atoms with Crippen LogP contribution in [0.1, 0.15) is 30.7 Å². The minimum atomic E-state index is -0.657. The SMILES string of the molecule is Nc1csc(CC2NC(=O)C3(CCCC3)NC2=O)n1. The molecule has 1 aromatic heterocycles. The molecule has 1 unspecified atom stereocenters. The lowest BCUT2D eigenvalue weighted by molar-refractivity contribution is -0.141. The molecule has 2 fully saturated rings. The summed E-state index contributed by atoms with van der Waals surface area (Å²) in [4.78, 5) is 28.5. The van der Waals surface area contributed by atoms with Crippen molar-refractivity contribution >= 4 is 29.0 Å². The highest BCUT2D eigenvalue weighted by molar-refractivity contribution is 7.10. The fourth-order valence-electron chi connectivity index (χ4n) is 2.81. The Labute approximate surface area is 114 Å². The number of aromatic nitrogens is 1. The number of thiazole rings is 1. The van der Waals surface area contributed by atoms with E-state index in [4.69, 9.17) is 5.73 Å². The Morgan fingerprint density at radius 1 is 1.42 bits per heavy atom. The molecule has 1 saturated carbocycles. The maximum Gasteiger partial charge on any atom is 0.246 e. The second-order valence-electron chi connectivity index (χ2n) is 5.17. The molecule has 1 atom stereocenters. The van der Waals surface area contributed by atoms with Crippen LogP contribution in [0, 0.1) is 0 Å². The van der Waals surface area contributed by atoms with E-state index >= 15 is 0 Å². The number of carbonyl (C=O) groups is 2. The molecule has 19 heavy (non-hydrogen) atoms. The van der Waals surface area contributed by atoms with Gasteiger partial charge in [0.25, 0.3) is 0 Å². The van der Waals surface area contributed by atoms with Crippen LogP contribution >= 0.6 is 11.3 Å². The summed E-state index contributed by atoms with van der Waals surface area (Å²) in [5, 5.41) is 8.24. The summed E-state index contributed by atoms with van der Waals surface area (Å²) in [5.74, 6) is 0.282. The average Bonchev–Trinajstić information content (AvgIpc) is 2.97. The number of amides is 2. The Morgan fingerprint density at radius 2 is 2.16 bits per heavy atom. The van der Waals surface area contributed by atoms with Crippen molar-refractivity contribution in [2.24, 2.45) is 0 Å². The van der Waals surface area contributed by atoms with Crippen molar-refractivity contribution in [1.29, 1.82) is 0 Å². The van der Waals surface area contributed by atoms with Crippen molar-refractivity contribution in [3.05, 3.63) is 10.4 Å². The van der Waals surface area contributed by atoms with E-state index in [1.54, 1.807) is 5.38 Å². The lowest BCUT2D eigenvalue weighted by Crippen LogP contribution is -2.68. The van der Waals surface area contributed by atoms with Crippen LogP contribution < -0.4 is 16.4 Å². The Hall–Kier alpha value is -1.63. The van der Waals surface area contributed by atoms with Gasteiger partial charge in [-0.05, 0) is 12.8 Å². The quantitative estimate of drug-likeness (QED) is 0.720. The zero-order valence-electron chi connectivity index (χ0n) is 10.4. The van der Waals surface area contributed by atoms with Crippen LogP contribution in [0.5, 0.6) is 0 Å². The van der Waals surface area contributed by atoms with Crippen LogP contribution in [0.15, 0.2) is 5.38 Å². The van der Waals surface area contributed by atoms with Crippen LogP contribution in [-0.4, -0.2) is 28.4 Å². The van der Waals surface area contributed by atoms with Crippen LogP contribution in [0.3, 0.4) is 0 Å². The molecule has 1 aliphatic carbocycles. The highest BCUT2D eigenvalue weighted by atomic mass is 32.1. The van der Waals surface area contributed by atoms with Gasteiger partial charge in [0.15, 0.2) is 0 Å². The Bertz CT molecular complexity index is 522. The molecule has 0 bridgehead atoms. The number of carbonyl (C=O) groups excluding carboxylic acids is 2. The van der Waals surface area contributed by atoms with Gasteiger partial charge in [0, 0.05) is 11.8 Å². The molecule has 102 valence electrons. The first kappa shape index (κ1) is 12.4. The molecule has 2 aliphatic rings. The smallest absolute Gasteiger partial charge is 0.246 e. The van der Waals surface area contributed by atoms with E-state index in [9.17, 15) is 9.59 Å². The van der Waals surface area contributed by atoms with Crippen molar-refractivity contribution < 1.29 is 9.59 Å². The molecule has 1 aliphatic heterocycles. The molecule has 1 spiro atoms. The summed E-state index contributed by atoms with van der Waals surface area (Å²) in [7, 11) is 0. The van der Waals surface area contributed by atoms with Crippen LogP contribution in [0.4, 0.5) is 5.82 Å². The third kappa shape index (κ3) is 2.18. The third-order valence-electron chi connectivity index (χ3n) is 3.82. The molecule has 2 heterocycles. The molecule has 2 amide bonds. The average molecular weight is 280 g/mol. The summed E-state index contributed by atoms with van der Waals surface area (Å²) >= 11 is 1.40. The molecular weight excluding hydrogens is 264 g/mol. The fraction of sp³-hybridized carbons (Fsp3) is 0.583. The zero-order chi connectivity index (χ0) is 13.5. The van der Waals surface area contributed by atoms with Crippen LogP contribution in [-0.2, 0) is 16.0 Å². The fourth-order valence-corrected chi connectivity index (χ4v) is 3.54. The number of rotatable bonds is 2. The molecule has 1 saturated heterocycles. The molecule has 0 radical (unpaired) electrons. The Balaban J connectivity index is 1.72. The standard InChI is InChI=1S/C12H16N4O2S/c13-8-6-19-9(15-8)5-7-10(17)16-12(11(18)14-7)3-1-2-4-12/h6-7H,1-5,13H2,(H,14,18)(H,16,17). The summed E-state index contributed by atoms with van der Waals surface area (Å²) in [5.41, 5.74) is 4.89. The Kier molecular flexibility index (Phi) is 2.93. The van der Waals surface area contributed by atoms with Crippen molar-refractivity contribution in [3.63, 3.8) is 0 Å². The number of nitrogens with zero attached hydrogens (tertiary/aromatic N) is 1. The van der Waals surface area contributed by atoms with Crippen molar-refractivity contribution in [1.82, 2.24) is 15.6 Å². The van der Waals surface area contributed by atoms with Gasteiger partial charge in [-0.25, -0.2) is 4.98 Å². The van der Waals surface area contributed by atoms with Gasteiger partial charge in [0.05, 0.1) is 5.01 Å². The lowest BCUT2D eigenvalue weighted by Gasteiger charge is -2.37. The van der Waals surface area contributed by atoms with Crippen LogP contribution in [0.2, 0.25) is 0 Å². The van der Waals surface area contributed by atoms with Gasteiger partial charge in [-0.2, -0.15) is 0 Å². The predicted molar refractivity (Wildman–Crippen MR) is 71.5 cm³/mol. The second-order valence-corrected chi connectivity index (χ2v) is 6.12. The summed E-state index contributed by atoms with van der Waals surface area (Å²) in [6, 6.07) is -0.538. The largest absolute Gasteiger partial charge is 0.383 e. The van der Waals surface area contributed by atoms with E-state index in [0.29, 0.717) is 12.2 Å².